The fourth-order valence-electron chi connectivity index (χ4n) is 1.29. The van der Waals surface area contributed by atoms with Crippen LogP contribution in [0.1, 0.15) is 0 Å². The van der Waals surface area contributed by atoms with Crippen LogP contribution in [0, 0.1) is 17.7 Å². The summed E-state index contributed by atoms with van der Waals surface area (Å²) in [6.45, 7) is 0. The van der Waals surface area contributed by atoms with E-state index in [9.17, 15) is 8.78 Å². The molecular weight excluding hydrogens is 182 g/mol. The molecule has 2 aromatic rings. The minimum absolute atomic E-state index is 0.266. The summed E-state index contributed by atoms with van der Waals surface area (Å²) >= 11 is 0. The number of halogens is 2. The fraction of sp³-hybridized carbons (Fsp3) is 0. The largest absolute Gasteiger partial charge is 0.204 e. The SMILES string of the molecule is Fc1cccc(-c2c[c]ccc2)c1F. The Bertz CT molecular complexity index is 435. The molecule has 0 N–H and O–H groups in total. The van der Waals surface area contributed by atoms with Gasteiger partial charge in [0, 0.05) is 5.56 Å². The van der Waals surface area contributed by atoms with Gasteiger partial charge in [0.2, 0.25) is 0 Å². The highest BCUT2D eigenvalue weighted by molar-refractivity contribution is 5.63. The monoisotopic (exact) mass is 189 g/mol. The van der Waals surface area contributed by atoms with Gasteiger partial charge >= 0.3 is 0 Å². The van der Waals surface area contributed by atoms with Crippen molar-refractivity contribution in [1.29, 1.82) is 0 Å². The van der Waals surface area contributed by atoms with Crippen molar-refractivity contribution in [1.82, 2.24) is 0 Å². The molecule has 0 aliphatic heterocycles. The van der Waals surface area contributed by atoms with E-state index < -0.39 is 11.6 Å². The van der Waals surface area contributed by atoms with Gasteiger partial charge in [-0.1, -0.05) is 30.3 Å². The van der Waals surface area contributed by atoms with Crippen LogP contribution in [0.5, 0.6) is 0 Å². The van der Waals surface area contributed by atoms with Crippen molar-refractivity contribution in [2.45, 2.75) is 0 Å². The zero-order chi connectivity index (χ0) is 9.97. The molecule has 0 aromatic heterocycles. The normalized spacial score (nSPS) is 10.1. The molecule has 0 amide bonds. The number of rotatable bonds is 1. The first kappa shape index (κ1) is 8.88. The molecule has 14 heavy (non-hydrogen) atoms. The van der Waals surface area contributed by atoms with Gasteiger partial charge in [-0.15, -0.1) is 0 Å². The van der Waals surface area contributed by atoms with E-state index in [2.05, 4.69) is 6.07 Å². The van der Waals surface area contributed by atoms with E-state index in [0.717, 1.165) is 6.07 Å². The van der Waals surface area contributed by atoms with E-state index >= 15 is 0 Å². The third-order valence-corrected chi connectivity index (χ3v) is 1.97. The second kappa shape index (κ2) is 3.58. The lowest BCUT2D eigenvalue weighted by molar-refractivity contribution is 0.511. The first-order chi connectivity index (χ1) is 6.79. The van der Waals surface area contributed by atoms with Crippen LogP contribution in [-0.4, -0.2) is 0 Å². The number of benzene rings is 2. The minimum Gasteiger partial charge on any atom is -0.204 e. The lowest BCUT2D eigenvalue weighted by Crippen LogP contribution is -1.88. The van der Waals surface area contributed by atoms with Crippen LogP contribution in [0.15, 0.2) is 42.5 Å². The smallest absolute Gasteiger partial charge is 0.166 e. The van der Waals surface area contributed by atoms with E-state index in [1.807, 2.05) is 0 Å². The van der Waals surface area contributed by atoms with Crippen LogP contribution in [0.2, 0.25) is 0 Å². The third kappa shape index (κ3) is 1.51. The first-order valence-corrected chi connectivity index (χ1v) is 4.19. The van der Waals surface area contributed by atoms with Gasteiger partial charge in [-0.2, -0.15) is 0 Å². The van der Waals surface area contributed by atoms with Crippen molar-refractivity contribution in [2.24, 2.45) is 0 Å². The molecule has 1 radical (unpaired) electrons. The van der Waals surface area contributed by atoms with E-state index in [-0.39, 0.29) is 5.56 Å². The molecule has 2 aromatic carbocycles. The highest BCUT2D eigenvalue weighted by atomic mass is 19.2. The van der Waals surface area contributed by atoms with Crippen molar-refractivity contribution in [2.75, 3.05) is 0 Å². The van der Waals surface area contributed by atoms with Crippen molar-refractivity contribution < 1.29 is 8.78 Å². The summed E-state index contributed by atoms with van der Waals surface area (Å²) < 4.78 is 26.2. The van der Waals surface area contributed by atoms with Crippen molar-refractivity contribution >= 4 is 0 Å². The van der Waals surface area contributed by atoms with Crippen molar-refractivity contribution in [3.63, 3.8) is 0 Å². The Balaban J connectivity index is 2.58. The average Bonchev–Trinajstić information content (AvgIpc) is 2.23. The van der Waals surface area contributed by atoms with Crippen LogP contribution < -0.4 is 0 Å². The Labute approximate surface area is 80.8 Å². The maximum atomic E-state index is 13.3. The van der Waals surface area contributed by atoms with E-state index in [0.29, 0.717) is 5.56 Å². The van der Waals surface area contributed by atoms with Crippen LogP contribution in [0.3, 0.4) is 0 Å². The molecular formula is C12H7F2. The quantitative estimate of drug-likeness (QED) is 0.644. The zero-order valence-electron chi connectivity index (χ0n) is 7.30. The van der Waals surface area contributed by atoms with E-state index in [4.69, 9.17) is 0 Å². The Hall–Kier alpha value is -1.70. The maximum absolute atomic E-state index is 13.3. The van der Waals surface area contributed by atoms with Gasteiger partial charge in [-0.25, -0.2) is 8.78 Å². The van der Waals surface area contributed by atoms with Gasteiger partial charge in [0.1, 0.15) is 0 Å². The first-order valence-electron chi connectivity index (χ1n) is 4.19. The van der Waals surface area contributed by atoms with Crippen LogP contribution in [-0.2, 0) is 0 Å². The fourth-order valence-corrected chi connectivity index (χ4v) is 1.29. The molecule has 0 heterocycles. The Morgan fingerprint density at radius 3 is 2.57 bits per heavy atom. The van der Waals surface area contributed by atoms with Crippen LogP contribution in [0.25, 0.3) is 11.1 Å². The Kier molecular flexibility index (Phi) is 2.27. The minimum atomic E-state index is -0.827. The predicted octanol–water partition coefficient (Wildman–Crippen LogP) is 3.43. The summed E-state index contributed by atoms with van der Waals surface area (Å²) in [5, 5.41) is 0. The third-order valence-electron chi connectivity index (χ3n) is 1.97. The Morgan fingerprint density at radius 2 is 1.86 bits per heavy atom. The molecule has 0 aliphatic rings. The maximum Gasteiger partial charge on any atom is 0.166 e. The molecule has 2 heteroatoms. The van der Waals surface area contributed by atoms with Gasteiger partial charge in [0.25, 0.3) is 0 Å². The van der Waals surface area contributed by atoms with E-state index in [1.54, 1.807) is 30.3 Å². The van der Waals surface area contributed by atoms with Gasteiger partial charge in [-0.3, -0.25) is 0 Å². The summed E-state index contributed by atoms with van der Waals surface area (Å²) in [6, 6.07) is 13.7. The molecule has 0 saturated heterocycles. The molecule has 0 unspecified atom stereocenters. The standard InChI is InChI=1S/C12H7F2/c13-11-8-4-7-10(12(11)14)9-5-2-1-3-6-9/h1-2,4-8H. The van der Waals surface area contributed by atoms with Gasteiger partial charge < -0.3 is 0 Å². The average molecular weight is 189 g/mol. The van der Waals surface area contributed by atoms with Gasteiger partial charge in [0.15, 0.2) is 11.6 Å². The highest BCUT2D eigenvalue weighted by Crippen LogP contribution is 2.23. The van der Waals surface area contributed by atoms with E-state index in [1.165, 1.54) is 6.07 Å². The molecule has 2 rings (SSSR count). The summed E-state index contributed by atoms with van der Waals surface area (Å²) in [7, 11) is 0. The highest BCUT2D eigenvalue weighted by Gasteiger charge is 2.08. The molecule has 0 atom stereocenters. The second-order valence-electron chi connectivity index (χ2n) is 2.89. The summed E-state index contributed by atoms with van der Waals surface area (Å²) in [5.41, 5.74) is 0.895. The molecule has 0 aliphatic carbocycles. The molecule has 0 nitrogen and oxygen atoms in total. The summed E-state index contributed by atoms with van der Waals surface area (Å²) in [4.78, 5) is 0. The molecule has 0 bridgehead atoms. The lowest BCUT2D eigenvalue weighted by Gasteiger charge is -2.02. The summed E-state index contributed by atoms with van der Waals surface area (Å²) in [5.74, 6) is -1.64. The predicted molar refractivity (Wildman–Crippen MR) is 50.6 cm³/mol. The van der Waals surface area contributed by atoms with Crippen molar-refractivity contribution in [3.8, 4) is 11.1 Å². The molecule has 0 fully saturated rings. The summed E-state index contributed by atoms with van der Waals surface area (Å²) in [6.07, 6.45) is 0. The zero-order valence-corrected chi connectivity index (χ0v) is 7.30. The molecule has 0 spiro atoms. The van der Waals surface area contributed by atoms with Gasteiger partial charge in [0.05, 0.1) is 0 Å². The topological polar surface area (TPSA) is 0 Å². The number of hydrogen-bond acceptors (Lipinski definition) is 0. The molecule has 0 saturated carbocycles. The lowest BCUT2D eigenvalue weighted by atomic mass is 10.1. The Morgan fingerprint density at radius 1 is 1.00 bits per heavy atom. The van der Waals surface area contributed by atoms with Crippen LogP contribution >= 0.6 is 0 Å². The van der Waals surface area contributed by atoms with Crippen LogP contribution in [0.4, 0.5) is 8.78 Å². The van der Waals surface area contributed by atoms with Gasteiger partial charge in [-0.05, 0) is 23.8 Å². The number of hydrogen-bond donors (Lipinski definition) is 0. The second-order valence-corrected chi connectivity index (χ2v) is 2.89. The molecule has 69 valence electrons. The van der Waals surface area contributed by atoms with Crippen molar-refractivity contribution in [3.05, 3.63) is 60.2 Å².